The Morgan fingerprint density at radius 2 is 2.20 bits per heavy atom. The van der Waals surface area contributed by atoms with E-state index in [2.05, 4.69) is 42.6 Å². The molecule has 0 saturated carbocycles. The van der Waals surface area contributed by atoms with E-state index in [4.69, 9.17) is 4.74 Å². The Morgan fingerprint density at radius 1 is 1.40 bits per heavy atom. The van der Waals surface area contributed by atoms with Gasteiger partial charge in [0, 0.05) is 36.2 Å². The van der Waals surface area contributed by atoms with Crippen LogP contribution in [0.3, 0.4) is 0 Å². The average molecular weight is 272 g/mol. The Bertz CT molecular complexity index is 571. The van der Waals surface area contributed by atoms with Gasteiger partial charge in [0.15, 0.2) is 0 Å². The van der Waals surface area contributed by atoms with Crippen molar-refractivity contribution in [1.82, 2.24) is 9.88 Å². The summed E-state index contributed by atoms with van der Waals surface area (Å²) in [6.07, 6.45) is 5.07. The zero-order valence-corrected chi connectivity index (χ0v) is 12.6. The van der Waals surface area contributed by atoms with Crippen LogP contribution in [0, 0.1) is 0 Å². The number of hydrogen-bond donors (Lipinski definition) is 1. The highest BCUT2D eigenvalue weighted by Crippen LogP contribution is 2.28. The standard InChI is InChI=1S/C17H24N2O/c1-5-10-19(13(2)3)11-9-14-12-18-15-7-6-8-16(20-4)17(14)15/h5-8,12-13,18H,1,9-11H2,2-4H3. The summed E-state index contributed by atoms with van der Waals surface area (Å²) in [7, 11) is 1.73. The van der Waals surface area contributed by atoms with E-state index >= 15 is 0 Å². The van der Waals surface area contributed by atoms with E-state index in [0.29, 0.717) is 6.04 Å². The van der Waals surface area contributed by atoms with E-state index in [1.807, 2.05) is 18.2 Å². The van der Waals surface area contributed by atoms with Crippen LogP contribution in [-0.4, -0.2) is 36.1 Å². The van der Waals surface area contributed by atoms with E-state index in [1.54, 1.807) is 7.11 Å². The molecule has 3 nitrogen and oxygen atoms in total. The van der Waals surface area contributed by atoms with Gasteiger partial charge in [-0.05, 0) is 38.0 Å². The van der Waals surface area contributed by atoms with Gasteiger partial charge in [-0.2, -0.15) is 0 Å². The first kappa shape index (κ1) is 14.7. The summed E-state index contributed by atoms with van der Waals surface area (Å²) in [6, 6.07) is 6.65. The van der Waals surface area contributed by atoms with Crippen LogP contribution in [0.25, 0.3) is 10.9 Å². The molecule has 0 saturated heterocycles. The fourth-order valence-corrected chi connectivity index (χ4v) is 2.58. The van der Waals surface area contributed by atoms with E-state index in [9.17, 15) is 0 Å². The largest absolute Gasteiger partial charge is 0.496 e. The van der Waals surface area contributed by atoms with Gasteiger partial charge in [0.1, 0.15) is 5.75 Å². The lowest BCUT2D eigenvalue weighted by Crippen LogP contribution is -2.32. The van der Waals surface area contributed by atoms with Crippen molar-refractivity contribution in [2.24, 2.45) is 0 Å². The quantitative estimate of drug-likeness (QED) is 0.780. The second-order valence-corrected chi connectivity index (χ2v) is 5.32. The van der Waals surface area contributed by atoms with Crippen LogP contribution in [0.15, 0.2) is 37.1 Å². The van der Waals surface area contributed by atoms with Crippen molar-refractivity contribution in [3.63, 3.8) is 0 Å². The lowest BCUT2D eigenvalue weighted by molar-refractivity contribution is 0.249. The van der Waals surface area contributed by atoms with Crippen molar-refractivity contribution in [2.45, 2.75) is 26.3 Å². The van der Waals surface area contributed by atoms with Crippen molar-refractivity contribution >= 4 is 10.9 Å². The third kappa shape index (κ3) is 3.05. The maximum Gasteiger partial charge on any atom is 0.128 e. The summed E-state index contributed by atoms with van der Waals surface area (Å²) < 4.78 is 5.48. The molecule has 1 heterocycles. The highest BCUT2D eigenvalue weighted by Gasteiger charge is 2.12. The van der Waals surface area contributed by atoms with Gasteiger partial charge in [-0.25, -0.2) is 0 Å². The molecule has 0 fully saturated rings. The Labute approximate surface area is 121 Å². The normalized spacial score (nSPS) is 11.4. The lowest BCUT2D eigenvalue weighted by Gasteiger charge is -2.24. The van der Waals surface area contributed by atoms with Crippen molar-refractivity contribution < 1.29 is 4.74 Å². The molecule has 20 heavy (non-hydrogen) atoms. The van der Waals surface area contributed by atoms with Gasteiger partial charge >= 0.3 is 0 Å². The summed E-state index contributed by atoms with van der Waals surface area (Å²) in [6.45, 7) is 10.2. The molecule has 0 spiro atoms. The molecular weight excluding hydrogens is 248 g/mol. The Kier molecular flexibility index (Phi) is 4.85. The molecule has 1 N–H and O–H groups in total. The summed E-state index contributed by atoms with van der Waals surface area (Å²) in [5, 5.41) is 1.21. The molecule has 2 aromatic rings. The molecule has 108 valence electrons. The molecule has 0 radical (unpaired) electrons. The predicted molar refractivity (Wildman–Crippen MR) is 85.5 cm³/mol. The second kappa shape index (κ2) is 6.62. The second-order valence-electron chi connectivity index (χ2n) is 5.32. The van der Waals surface area contributed by atoms with Gasteiger partial charge in [-0.3, -0.25) is 4.90 Å². The van der Waals surface area contributed by atoms with E-state index in [0.717, 1.165) is 30.8 Å². The Balaban J connectivity index is 2.19. The molecule has 2 rings (SSSR count). The fourth-order valence-electron chi connectivity index (χ4n) is 2.58. The summed E-state index contributed by atoms with van der Waals surface area (Å²) in [5.74, 6) is 0.943. The van der Waals surface area contributed by atoms with Crippen molar-refractivity contribution in [1.29, 1.82) is 0 Å². The van der Waals surface area contributed by atoms with Crippen LogP contribution in [-0.2, 0) is 6.42 Å². The van der Waals surface area contributed by atoms with Gasteiger partial charge in [0.05, 0.1) is 7.11 Å². The van der Waals surface area contributed by atoms with Crippen LogP contribution < -0.4 is 4.74 Å². The zero-order chi connectivity index (χ0) is 14.5. The van der Waals surface area contributed by atoms with Crippen LogP contribution in [0.2, 0.25) is 0 Å². The highest BCUT2D eigenvalue weighted by molar-refractivity contribution is 5.89. The number of aromatic amines is 1. The predicted octanol–water partition coefficient (Wildman–Crippen LogP) is 3.62. The number of nitrogens with one attached hydrogen (secondary N) is 1. The average Bonchev–Trinajstić information content (AvgIpc) is 2.86. The van der Waals surface area contributed by atoms with E-state index in [-0.39, 0.29) is 0 Å². The van der Waals surface area contributed by atoms with Crippen molar-refractivity contribution in [2.75, 3.05) is 20.2 Å². The lowest BCUT2D eigenvalue weighted by atomic mass is 10.1. The minimum absolute atomic E-state index is 0.528. The molecule has 0 amide bonds. The Hall–Kier alpha value is -1.74. The monoisotopic (exact) mass is 272 g/mol. The minimum Gasteiger partial charge on any atom is -0.496 e. The summed E-state index contributed by atoms with van der Waals surface area (Å²) >= 11 is 0. The van der Waals surface area contributed by atoms with Crippen LogP contribution in [0.5, 0.6) is 5.75 Å². The minimum atomic E-state index is 0.528. The highest BCUT2D eigenvalue weighted by atomic mass is 16.5. The fraction of sp³-hybridized carbons (Fsp3) is 0.412. The van der Waals surface area contributed by atoms with E-state index < -0.39 is 0 Å². The number of H-pyrrole nitrogens is 1. The summed E-state index contributed by atoms with van der Waals surface area (Å²) in [5.41, 5.74) is 2.45. The Morgan fingerprint density at radius 3 is 2.85 bits per heavy atom. The zero-order valence-electron chi connectivity index (χ0n) is 12.6. The number of rotatable bonds is 7. The van der Waals surface area contributed by atoms with E-state index in [1.165, 1.54) is 10.9 Å². The van der Waals surface area contributed by atoms with Crippen LogP contribution in [0.4, 0.5) is 0 Å². The first-order chi connectivity index (χ1) is 9.67. The number of benzene rings is 1. The van der Waals surface area contributed by atoms with Crippen LogP contribution >= 0.6 is 0 Å². The van der Waals surface area contributed by atoms with Gasteiger partial charge in [-0.1, -0.05) is 12.1 Å². The molecule has 0 unspecified atom stereocenters. The number of ether oxygens (including phenoxy) is 1. The van der Waals surface area contributed by atoms with Crippen molar-refractivity contribution in [3.05, 3.63) is 42.6 Å². The number of aromatic nitrogens is 1. The first-order valence-corrected chi connectivity index (χ1v) is 7.15. The van der Waals surface area contributed by atoms with Gasteiger partial charge in [-0.15, -0.1) is 6.58 Å². The van der Waals surface area contributed by atoms with Gasteiger partial charge < -0.3 is 9.72 Å². The van der Waals surface area contributed by atoms with Crippen molar-refractivity contribution in [3.8, 4) is 5.75 Å². The molecule has 1 aromatic heterocycles. The topological polar surface area (TPSA) is 28.3 Å². The number of fused-ring (bicyclic) bond motifs is 1. The number of methoxy groups -OCH3 is 1. The summed E-state index contributed by atoms with van der Waals surface area (Å²) in [4.78, 5) is 5.75. The molecule has 0 bridgehead atoms. The van der Waals surface area contributed by atoms with Gasteiger partial charge in [0.2, 0.25) is 0 Å². The number of hydrogen-bond acceptors (Lipinski definition) is 2. The third-order valence-corrected chi connectivity index (χ3v) is 3.73. The molecule has 0 aliphatic heterocycles. The van der Waals surface area contributed by atoms with Crippen LogP contribution in [0.1, 0.15) is 19.4 Å². The van der Waals surface area contributed by atoms with Gasteiger partial charge in [0.25, 0.3) is 0 Å². The maximum absolute atomic E-state index is 5.48. The molecule has 1 aromatic carbocycles. The molecular formula is C17H24N2O. The molecule has 0 aliphatic rings. The number of nitrogens with zero attached hydrogens (tertiary/aromatic N) is 1. The maximum atomic E-state index is 5.48. The molecule has 3 heteroatoms. The SMILES string of the molecule is C=CCN(CCc1c[nH]c2cccc(OC)c12)C(C)C. The third-order valence-electron chi connectivity index (χ3n) is 3.73. The first-order valence-electron chi connectivity index (χ1n) is 7.15. The smallest absolute Gasteiger partial charge is 0.128 e. The molecule has 0 atom stereocenters. The molecule has 0 aliphatic carbocycles.